The van der Waals surface area contributed by atoms with Crippen LogP contribution in [0.4, 0.5) is 15.9 Å². The van der Waals surface area contributed by atoms with Gasteiger partial charge in [-0.2, -0.15) is 0 Å². The Morgan fingerprint density at radius 1 is 1.29 bits per heavy atom. The molecule has 0 bridgehead atoms. The molecule has 0 fully saturated rings. The summed E-state index contributed by atoms with van der Waals surface area (Å²) in [5.41, 5.74) is 5.66. The molecule has 2 heterocycles. The van der Waals surface area contributed by atoms with Crippen molar-refractivity contribution in [1.29, 1.82) is 0 Å². The van der Waals surface area contributed by atoms with Crippen LogP contribution in [0.2, 0.25) is 0 Å². The third kappa shape index (κ3) is 2.71. The van der Waals surface area contributed by atoms with Crippen LogP contribution in [0.25, 0.3) is 0 Å². The maximum Gasteiger partial charge on any atom is 0.276 e. The van der Waals surface area contributed by atoms with Gasteiger partial charge in [0.15, 0.2) is 5.69 Å². The Hall–Kier alpha value is -2.57. The lowest BCUT2D eigenvalue weighted by atomic mass is 10.3. The van der Waals surface area contributed by atoms with Gasteiger partial charge in [0.1, 0.15) is 11.6 Å². The molecule has 0 saturated carbocycles. The SMILES string of the molecule is Nc1ccc(C(=O)Nc2cncc(F)c2)nn1. The Labute approximate surface area is 95.7 Å². The van der Waals surface area contributed by atoms with E-state index in [2.05, 4.69) is 20.5 Å². The van der Waals surface area contributed by atoms with Crippen LogP contribution in [0.15, 0.2) is 30.6 Å². The quantitative estimate of drug-likeness (QED) is 0.801. The van der Waals surface area contributed by atoms with Gasteiger partial charge in [0.05, 0.1) is 18.1 Å². The van der Waals surface area contributed by atoms with Crippen molar-refractivity contribution in [2.75, 3.05) is 11.1 Å². The number of nitrogens with zero attached hydrogens (tertiary/aromatic N) is 3. The monoisotopic (exact) mass is 233 g/mol. The van der Waals surface area contributed by atoms with Gasteiger partial charge < -0.3 is 11.1 Å². The van der Waals surface area contributed by atoms with Gasteiger partial charge in [0.25, 0.3) is 5.91 Å². The van der Waals surface area contributed by atoms with Crippen LogP contribution in [-0.4, -0.2) is 21.1 Å². The highest BCUT2D eigenvalue weighted by Crippen LogP contribution is 2.08. The largest absolute Gasteiger partial charge is 0.382 e. The molecule has 0 radical (unpaired) electrons. The Morgan fingerprint density at radius 2 is 2.12 bits per heavy atom. The lowest BCUT2D eigenvalue weighted by Gasteiger charge is -2.03. The molecule has 0 spiro atoms. The first-order chi connectivity index (χ1) is 8.15. The molecule has 86 valence electrons. The van der Waals surface area contributed by atoms with Gasteiger partial charge >= 0.3 is 0 Å². The average Bonchev–Trinajstić information content (AvgIpc) is 2.29. The fourth-order valence-corrected chi connectivity index (χ4v) is 1.14. The van der Waals surface area contributed by atoms with Gasteiger partial charge in [-0.25, -0.2) is 4.39 Å². The predicted octanol–water partition coefficient (Wildman–Crippen LogP) is 0.845. The highest BCUT2D eigenvalue weighted by atomic mass is 19.1. The topological polar surface area (TPSA) is 93.8 Å². The van der Waals surface area contributed by atoms with Crippen molar-refractivity contribution in [3.05, 3.63) is 42.1 Å². The molecule has 0 aliphatic heterocycles. The van der Waals surface area contributed by atoms with Crippen LogP contribution in [0.5, 0.6) is 0 Å². The molecule has 7 heteroatoms. The molecule has 3 N–H and O–H groups in total. The van der Waals surface area contributed by atoms with Gasteiger partial charge in [-0.1, -0.05) is 0 Å². The number of hydrogen-bond acceptors (Lipinski definition) is 5. The number of anilines is 2. The minimum atomic E-state index is -0.536. The number of nitrogen functional groups attached to an aromatic ring is 1. The first-order valence-corrected chi connectivity index (χ1v) is 4.66. The Balaban J connectivity index is 2.14. The fraction of sp³-hybridized carbons (Fsp3) is 0. The van der Waals surface area contributed by atoms with Crippen LogP contribution in [0.1, 0.15) is 10.5 Å². The van der Waals surface area contributed by atoms with E-state index in [4.69, 9.17) is 5.73 Å². The molecule has 0 atom stereocenters. The van der Waals surface area contributed by atoms with E-state index in [1.165, 1.54) is 18.3 Å². The summed E-state index contributed by atoms with van der Waals surface area (Å²) in [6, 6.07) is 4.02. The number of halogens is 1. The number of nitrogens with two attached hydrogens (primary N) is 1. The van der Waals surface area contributed by atoms with E-state index in [1.807, 2.05) is 0 Å². The summed E-state index contributed by atoms with van der Waals surface area (Å²) in [4.78, 5) is 15.2. The fourth-order valence-electron chi connectivity index (χ4n) is 1.14. The number of carbonyl (C=O) groups is 1. The minimum Gasteiger partial charge on any atom is -0.382 e. The van der Waals surface area contributed by atoms with Crippen molar-refractivity contribution in [2.24, 2.45) is 0 Å². The molecule has 17 heavy (non-hydrogen) atoms. The smallest absolute Gasteiger partial charge is 0.276 e. The number of rotatable bonds is 2. The molecule has 2 aromatic rings. The second kappa shape index (κ2) is 4.52. The molecule has 1 amide bonds. The number of hydrogen-bond donors (Lipinski definition) is 2. The standard InChI is InChI=1S/C10H8FN5O/c11-6-3-7(5-13-4-6)14-10(17)8-1-2-9(12)16-15-8/h1-5H,(H2,12,16)(H,14,17). The summed E-state index contributed by atoms with van der Waals surface area (Å²) in [5.74, 6) is -0.829. The molecule has 2 rings (SSSR count). The van der Waals surface area contributed by atoms with E-state index < -0.39 is 11.7 Å². The third-order valence-corrected chi connectivity index (χ3v) is 1.88. The molecule has 6 nitrogen and oxygen atoms in total. The number of pyridine rings is 1. The first kappa shape index (κ1) is 10.9. The van der Waals surface area contributed by atoms with Crippen LogP contribution in [0, 0.1) is 5.82 Å². The average molecular weight is 233 g/mol. The summed E-state index contributed by atoms with van der Waals surface area (Å²) in [5, 5.41) is 9.57. The molecule has 0 aliphatic carbocycles. The summed E-state index contributed by atoms with van der Waals surface area (Å²) >= 11 is 0. The molecular weight excluding hydrogens is 225 g/mol. The van der Waals surface area contributed by atoms with E-state index >= 15 is 0 Å². The van der Waals surface area contributed by atoms with E-state index in [-0.39, 0.29) is 17.2 Å². The van der Waals surface area contributed by atoms with Crippen LogP contribution < -0.4 is 11.1 Å². The van der Waals surface area contributed by atoms with Crippen LogP contribution >= 0.6 is 0 Å². The Bertz CT molecular complexity index is 543. The van der Waals surface area contributed by atoms with Crippen molar-refractivity contribution in [3.63, 3.8) is 0 Å². The van der Waals surface area contributed by atoms with Crippen molar-refractivity contribution in [2.45, 2.75) is 0 Å². The van der Waals surface area contributed by atoms with Crippen molar-refractivity contribution >= 4 is 17.4 Å². The van der Waals surface area contributed by atoms with E-state index in [9.17, 15) is 9.18 Å². The van der Waals surface area contributed by atoms with Crippen LogP contribution in [-0.2, 0) is 0 Å². The Kier molecular flexibility index (Phi) is 2.91. The van der Waals surface area contributed by atoms with Gasteiger partial charge in [0, 0.05) is 6.07 Å². The highest BCUT2D eigenvalue weighted by molar-refractivity contribution is 6.02. The maximum atomic E-state index is 12.8. The zero-order valence-corrected chi connectivity index (χ0v) is 8.59. The van der Waals surface area contributed by atoms with Crippen molar-refractivity contribution in [3.8, 4) is 0 Å². The lowest BCUT2D eigenvalue weighted by Crippen LogP contribution is -2.14. The van der Waals surface area contributed by atoms with Gasteiger partial charge in [0.2, 0.25) is 0 Å². The zero-order chi connectivity index (χ0) is 12.3. The number of carbonyl (C=O) groups excluding carboxylic acids is 1. The molecule has 0 aliphatic rings. The third-order valence-electron chi connectivity index (χ3n) is 1.88. The summed E-state index contributed by atoms with van der Waals surface area (Å²) in [7, 11) is 0. The van der Waals surface area contributed by atoms with E-state index in [0.29, 0.717) is 0 Å². The van der Waals surface area contributed by atoms with Crippen molar-refractivity contribution in [1.82, 2.24) is 15.2 Å². The van der Waals surface area contributed by atoms with E-state index in [1.54, 1.807) is 0 Å². The predicted molar refractivity (Wildman–Crippen MR) is 58.6 cm³/mol. The summed E-state index contributed by atoms with van der Waals surface area (Å²) < 4.78 is 12.8. The number of nitrogens with one attached hydrogen (secondary N) is 1. The summed E-state index contributed by atoms with van der Waals surface area (Å²) in [6.07, 6.45) is 2.37. The van der Waals surface area contributed by atoms with Crippen molar-refractivity contribution < 1.29 is 9.18 Å². The normalized spacial score (nSPS) is 9.94. The molecule has 0 unspecified atom stereocenters. The zero-order valence-electron chi connectivity index (χ0n) is 8.59. The molecule has 0 aromatic carbocycles. The summed E-state index contributed by atoms with van der Waals surface area (Å²) in [6.45, 7) is 0. The van der Waals surface area contributed by atoms with E-state index in [0.717, 1.165) is 12.3 Å². The molecular formula is C10H8FN5O. The minimum absolute atomic E-state index is 0.0865. The highest BCUT2D eigenvalue weighted by Gasteiger charge is 2.08. The van der Waals surface area contributed by atoms with Gasteiger partial charge in [-0.05, 0) is 12.1 Å². The second-order valence-electron chi connectivity index (χ2n) is 3.19. The van der Waals surface area contributed by atoms with Crippen LogP contribution in [0.3, 0.4) is 0 Å². The number of amides is 1. The van der Waals surface area contributed by atoms with Gasteiger partial charge in [-0.3, -0.25) is 9.78 Å². The van der Waals surface area contributed by atoms with Gasteiger partial charge in [-0.15, -0.1) is 10.2 Å². The molecule has 0 saturated heterocycles. The Morgan fingerprint density at radius 3 is 2.76 bits per heavy atom. The second-order valence-corrected chi connectivity index (χ2v) is 3.19. The lowest BCUT2D eigenvalue weighted by molar-refractivity contribution is 0.102. The number of aromatic nitrogens is 3. The first-order valence-electron chi connectivity index (χ1n) is 4.66. The maximum absolute atomic E-state index is 12.8. The molecule has 2 aromatic heterocycles.